The van der Waals surface area contributed by atoms with E-state index < -0.39 is 17.9 Å². The van der Waals surface area contributed by atoms with Gasteiger partial charge in [0.25, 0.3) is 0 Å². The Hall–Kier alpha value is -5.43. The molecule has 0 spiro atoms. The standard InChI is InChI=1S/C35H30O7/c1-3-33(36)41-24-6-5-23-40-31-19-17-30(18-20-31)35(38)42-32-21-15-28(16-22-32)26-9-7-25(8-10-26)27-11-13-29(14-12-27)34(37)39-4-2/h3-4,7-22H,1-2,5-6,23-24H2. The highest BCUT2D eigenvalue weighted by atomic mass is 16.5. The van der Waals surface area contributed by atoms with E-state index in [4.69, 9.17) is 18.9 Å². The zero-order chi connectivity index (χ0) is 29.7. The first kappa shape index (κ1) is 29.6. The lowest BCUT2D eigenvalue weighted by Crippen LogP contribution is -2.08. The van der Waals surface area contributed by atoms with Crippen LogP contribution in [0.4, 0.5) is 0 Å². The lowest BCUT2D eigenvalue weighted by Gasteiger charge is -2.09. The summed E-state index contributed by atoms with van der Waals surface area (Å²) in [6.07, 6.45) is 3.65. The lowest BCUT2D eigenvalue weighted by atomic mass is 9.99. The van der Waals surface area contributed by atoms with Crippen LogP contribution in [-0.4, -0.2) is 31.1 Å². The summed E-state index contributed by atoms with van der Waals surface area (Å²) in [5, 5.41) is 0. The zero-order valence-corrected chi connectivity index (χ0v) is 23.0. The Morgan fingerprint density at radius 1 is 0.571 bits per heavy atom. The van der Waals surface area contributed by atoms with E-state index in [2.05, 4.69) is 13.2 Å². The number of unbranched alkanes of at least 4 members (excludes halogenated alkanes) is 1. The van der Waals surface area contributed by atoms with Crippen molar-refractivity contribution in [3.63, 3.8) is 0 Å². The average Bonchev–Trinajstić information content (AvgIpc) is 3.03. The molecule has 0 saturated carbocycles. The van der Waals surface area contributed by atoms with Gasteiger partial charge in [-0.1, -0.05) is 61.7 Å². The highest BCUT2D eigenvalue weighted by Crippen LogP contribution is 2.27. The Bertz CT molecular complexity index is 1520. The molecule has 0 saturated heterocycles. The summed E-state index contributed by atoms with van der Waals surface area (Å²) in [4.78, 5) is 35.4. The second-order valence-corrected chi connectivity index (χ2v) is 9.09. The molecular formula is C35H30O7. The molecule has 0 fully saturated rings. The van der Waals surface area contributed by atoms with Crippen LogP contribution in [0.15, 0.2) is 123 Å². The minimum Gasteiger partial charge on any atom is -0.494 e. The molecule has 0 amide bonds. The van der Waals surface area contributed by atoms with Gasteiger partial charge in [0.15, 0.2) is 0 Å². The number of rotatable bonds is 13. The molecule has 7 heteroatoms. The fourth-order valence-electron chi connectivity index (χ4n) is 3.99. The van der Waals surface area contributed by atoms with Gasteiger partial charge in [0.05, 0.1) is 30.6 Å². The van der Waals surface area contributed by atoms with Crippen LogP contribution in [0, 0.1) is 0 Å². The highest BCUT2D eigenvalue weighted by molar-refractivity contribution is 5.91. The summed E-state index contributed by atoms with van der Waals surface area (Å²) in [5.41, 5.74) is 4.83. The molecule has 0 radical (unpaired) electrons. The summed E-state index contributed by atoms with van der Waals surface area (Å²) in [5.74, 6) is -0.274. The van der Waals surface area contributed by atoms with Gasteiger partial charge in [0.2, 0.25) is 0 Å². The molecule has 0 unspecified atom stereocenters. The van der Waals surface area contributed by atoms with Crippen LogP contribution in [0.2, 0.25) is 0 Å². The van der Waals surface area contributed by atoms with Crippen LogP contribution >= 0.6 is 0 Å². The maximum atomic E-state index is 12.6. The third-order valence-corrected chi connectivity index (χ3v) is 6.24. The van der Waals surface area contributed by atoms with E-state index in [1.54, 1.807) is 48.5 Å². The van der Waals surface area contributed by atoms with Crippen LogP contribution in [0.3, 0.4) is 0 Å². The molecule has 0 aliphatic carbocycles. The van der Waals surface area contributed by atoms with Gasteiger partial charge >= 0.3 is 17.9 Å². The number of hydrogen-bond donors (Lipinski definition) is 0. The van der Waals surface area contributed by atoms with Gasteiger partial charge in [-0.25, -0.2) is 14.4 Å². The largest absolute Gasteiger partial charge is 0.494 e. The van der Waals surface area contributed by atoms with E-state index in [0.29, 0.717) is 42.3 Å². The fourth-order valence-corrected chi connectivity index (χ4v) is 3.99. The number of ether oxygens (including phenoxy) is 4. The Morgan fingerprint density at radius 2 is 1.02 bits per heavy atom. The molecule has 0 atom stereocenters. The number of carbonyl (C=O) groups is 3. The van der Waals surface area contributed by atoms with Gasteiger partial charge < -0.3 is 18.9 Å². The predicted molar refractivity (Wildman–Crippen MR) is 160 cm³/mol. The van der Waals surface area contributed by atoms with Crippen LogP contribution in [0.5, 0.6) is 11.5 Å². The SMILES string of the molecule is C=COC(=O)c1ccc(-c2ccc(-c3ccc(OC(=O)c4ccc(OCCCCOC(=O)C=C)cc4)cc3)cc2)cc1. The van der Waals surface area contributed by atoms with Crippen molar-refractivity contribution >= 4 is 17.9 Å². The maximum Gasteiger partial charge on any atom is 0.343 e. The molecule has 0 bridgehead atoms. The van der Waals surface area contributed by atoms with Crippen molar-refractivity contribution in [1.82, 2.24) is 0 Å². The van der Waals surface area contributed by atoms with Crippen molar-refractivity contribution in [1.29, 1.82) is 0 Å². The van der Waals surface area contributed by atoms with Gasteiger partial charge in [-0.2, -0.15) is 0 Å². The average molecular weight is 563 g/mol. The minimum absolute atomic E-state index is 0.319. The van der Waals surface area contributed by atoms with E-state index in [1.807, 2.05) is 48.5 Å². The second-order valence-electron chi connectivity index (χ2n) is 9.09. The molecular weight excluding hydrogens is 532 g/mol. The second kappa shape index (κ2) is 14.8. The minimum atomic E-state index is -0.466. The summed E-state index contributed by atoms with van der Waals surface area (Å²) < 4.78 is 20.9. The Kier molecular flexibility index (Phi) is 10.4. The van der Waals surface area contributed by atoms with Gasteiger partial charge in [-0.15, -0.1) is 0 Å². The number of hydrogen-bond acceptors (Lipinski definition) is 7. The first-order valence-corrected chi connectivity index (χ1v) is 13.3. The smallest absolute Gasteiger partial charge is 0.343 e. The molecule has 7 nitrogen and oxygen atoms in total. The van der Waals surface area contributed by atoms with Gasteiger partial charge in [0.1, 0.15) is 11.5 Å². The molecule has 0 aliphatic heterocycles. The summed E-state index contributed by atoms with van der Waals surface area (Å²) in [7, 11) is 0. The van der Waals surface area contributed by atoms with E-state index in [-0.39, 0.29) is 0 Å². The maximum absolute atomic E-state index is 12.6. The molecule has 0 heterocycles. The van der Waals surface area contributed by atoms with E-state index in [9.17, 15) is 14.4 Å². The molecule has 4 rings (SSSR count). The predicted octanol–water partition coefficient (Wildman–Crippen LogP) is 7.43. The van der Waals surface area contributed by atoms with Crippen molar-refractivity contribution in [2.75, 3.05) is 13.2 Å². The highest BCUT2D eigenvalue weighted by Gasteiger charge is 2.10. The van der Waals surface area contributed by atoms with Crippen molar-refractivity contribution in [3.05, 3.63) is 134 Å². The molecule has 0 aromatic heterocycles. The van der Waals surface area contributed by atoms with Gasteiger partial charge in [0, 0.05) is 6.08 Å². The third kappa shape index (κ3) is 8.29. The van der Waals surface area contributed by atoms with E-state index >= 15 is 0 Å². The van der Waals surface area contributed by atoms with Crippen molar-refractivity contribution in [3.8, 4) is 33.8 Å². The van der Waals surface area contributed by atoms with Crippen molar-refractivity contribution < 1.29 is 33.3 Å². The molecule has 0 aliphatic rings. The molecule has 4 aromatic carbocycles. The zero-order valence-electron chi connectivity index (χ0n) is 23.0. The molecule has 42 heavy (non-hydrogen) atoms. The Balaban J connectivity index is 1.27. The summed E-state index contributed by atoms with van der Waals surface area (Å²) in [6, 6.07) is 29.2. The number of esters is 3. The van der Waals surface area contributed by atoms with Gasteiger partial charge in [-0.3, -0.25) is 0 Å². The third-order valence-electron chi connectivity index (χ3n) is 6.24. The van der Waals surface area contributed by atoms with Crippen LogP contribution in [0.25, 0.3) is 22.3 Å². The summed E-state index contributed by atoms with van der Waals surface area (Å²) in [6.45, 7) is 7.53. The van der Waals surface area contributed by atoms with Crippen molar-refractivity contribution in [2.45, 2.75) is 12.8 Å². The molecule has 0 N–H and O–H groups in total. The Labute approximate surface area is 244 Å². The topological polar surface area (TPSA) is 88.1 Å². The monoisotopic (exact) mass is 562 g/mol. The van der Waals surface area contributed by atoms with Crippen molar-refractivity contribution in [2.24, 2.45) is 0 Å². The molecule has 212 valence electrons. The fraction of sp³-hybridized carbons (Fsp3) is 0.114. The normalized spacial score (nSPS) is 10.3. The quantitative estimate of drug-likeness (QED) is 0.0550. The summed E-state index contributed by atoms with van der Waals surface area (Å²) >= 11 is 0. The molecule has 4 aromatic rings. The number of benzene rings is 4. The van der Waals surface area contributed by atoms with E-state index in [0.717, 1.165) is 41.0 Å². The van der Waals surface area contributed by atoms with Crippen LogP contribution < -0.4 is 9.47 Å². The Morgan fingerprint density at radius 3 is 1.57 bits per heavy atom. The van der Waals surface area contributed by atoms with E-state index in [1.165, 1.54) is 0 Å². The number of carbonyl (C=O) groups excluding carboxylic acids is 3. The van der Waals surface area contributed by atoms with Gasteiger partial charge in [-0.05, 0) is 83.6 Å². The lowest BCUT2D eigenvalue weighted by molar-refractivity contribution is -0.137. The van der Waals surface area contributed by atoms with Crippen LogP contribution in [-0.2, 0) is 14.3 Å². The first-order valence-electron chi connectivity index (χ1n) is 13.3. The van der Waals surface area contributed by atoms with Crippen LogP contribution in [0.1, 0.15) is 33.6 Å². The first-order chi connectivity index (χ1) is 20.5.